The second kappa shape index (κ2) is 8.42. The van der Waals surface area contributed by atoms with Gasteiger partial charge in [0.15, 0.2) is 0 Å². The molecule has 0 aromatic heterocycles. The zero-order valence-corrected chi connectivity index (χ0v) is 9.48. The van der Waals surface area contributed by atoms with Crippen LogP contribution in [0.5, 0.6) is 0 Å². The molecule has 0 aliphatic rings. The van der Waals surface area contributed by atoms with Crippen molar-refractivity contribution in [3.05, 3.63) is 0 Å². The van der Waals surface area contributed by atoms with Gasteiger partial charge >= 0.3 is 5.97 Å². The molecule has 3 heteroatoms. The minimum Gasteiger partial charge on any atom is -0.469 e. The first-order valence-corrected chi connectivity index (χ1v) is 5.47. The predicted octanol–water partition coefficient (Wildman–Crippen LogP) is 2.82. The van der Waals surface area contributed by atoms with Crippen molar-refractivity contribution < 1.29 is 9.53 Å². The summed E-state index contributed by atoms with van der Waals surface area (Å²) >= 11 is 4.32. The lowest BCUT2D eigenvalue weighted by Crippen LogP contribution is -2.09. The number of ether oxygens (including phenoxy) is 1. The Morgan fingerprint density at radius 1 is 1.38 bits per heavy atom. The van der Waals surface area contributed by atoms with Crippen LogP contribution in [0.25, 0.3) is 0 Å². The van der Waals surface area contributed by atoms with Crippen molar-refractivity contribution in [2.75, 3.05) is 7.11 Å². The molecule has 0 saturated carbocycles. The fourth-order valence-corrected chi connectivity index (χ4v) is 1.52. The number of esters is 1. The quantitative estimate of drug-likeness (QED) is 0.392. The summed E-state index contributed by atoms with van der Waals surface area (Å²) in [6, 6.07) is 0. The molecule has 0 bridgehead atoms. The Kier molecular flexibility index (Phi) is 8.30. The lowest BCUT2D eigenvalue weighted by atomic mass is 10.1. The second-order valence-corrected chi connectivity index (χ2v) is 4.01. The monoisotopic (exact) mass is 204 g/mol. The van der Waals surface area contributed by atoms with Gasteiger partial charge in [0.05, 0.1) is 13.5 Å². The van der Waals surface area contributed by atoms with Crippen molar-refractivity contribution in [3.8, 4) is 0 Å². The summed E-state index contributed by atoms with van der Waals surface area (Å²) in [5, 5.41) is 0.171. The van der Waals surface area contributed by atoms with E-state index in [1.54, 1.807) is 0 Å². The molecule has 0 amide bonds. The Morgan fingerprint density at radius 2 is 2.08 bits per heavy atom. The van der Waals surface area contributed by atoms with Crippen LogP contribution in [-0.4, -0.2) is 18.3 Å². The van der Waals surface area contributed by atoms with E-state index in [0.717, 1.165) is 6.42 Å². The molecule has 0 aliphatic heterocycles. The number of carbonyl (C=O) groups excluding carboxylic acids is 1. The van der Waals surface area contributed by atoms with Gasteiger partial charge in [-0.25, -0.2) is 0 Å². The largest absolute Gasteiger partial charge is 0.469 e. The minimum atomic E-state index is -0.157. The van der Waals surface area contributed by atoms with Gasteiger partial charge in [-0.05, 0) is 6.42 Å². The van der Waals surface area contributed by atoms with Crippen molar-refractivity contribution in [1.29, 1.82) is 0 Å². The molecule has 0 aromatic rings. The highest BCUT2D eigenvalue weighted by Gasteiger charge is 2.08. The number of rotatable bonds is 7. The zero-order valence-electron chi connectivity index (χ0n) is 8.58. The van der Waals surface area contributed by atoms with Crippen LogP contribution < -0.4 is 0 Å². The highest BCUT2D eigenvalue weighted by Crippen LogP contribution is 2.13. The first-order chi connectivity index (χ1) is 6.20. The maximum Gasteiger partial charge on any atom is 0.306 e. The van der Waals surface area contributed by atoms with Crippen molar-refractivity contribution in [1.82, 2.24) is 0 Å². The van der Waals surface area contributed by atoms with Crippen molar-refractivity contribution in [2.45, 2.75) is 50.7 Å². The topological polar surface area (TPSA) is 26.3 Å². The molecule has 13 heavy (non-hydrogen) atoms. The number of thiol groups is 1. The van der Waals surface area contributed by atoms with Gasteiger partial charge in [-0.1, -0.05) is 32.6 Å². The molecular weight excluding hydrogens is 184 g/mol. The van der Waals surface area contributed by atoms with Crippen LogP contribution in [-0.2, 0) is 9.53 Å². The molecule has 78 valence electrons. The lowest BCUT2D eigenvalue weighted by molar-refractivity contribution is -0.140. The Labute approximate surface area is 86.5 Å². The van der Waals surface area contributed by atoms with Crippen LogP contribution in [0.15, 0.2) is 0 Å². The normalized spacial score (nSPS) is 12.5. The fraction of sp³-hybridized carbons (Fsp3) is 0.900. The number of carbonyl (C=O) groups is 1. The van der Waals surface area contributed by atoms with E-state index in [2.05, 4.69) is 24.3 Å². The van der Waals surface area contributed by atoms with Crippen molar-refractivity contribution in [2.24, 2.45) is 0 Å². The maximum atomic E-state index is 10.8. The van der Waals surface area contributed by atoms with Crippen LogP contribution in [0.3, 0.4) is 0 Å². The third-order valence-corrected chi connectivity index (χ3v) is 2.46. The molecule has 0 aromatic carbocycles. The molecule has 0 radical (unpaired) electrons. The Hall–Kier alpha value is -0.180. The van der Waals surface area contributed by atoms with Crippen LogP contribution in [0.1, 0.15) is 45.4 Å². The van der Waals surface area contributed by atoms with E-state index in [1.807, 2.05) is 0 Å². The predicted molar refractivity (Wildman–Crippen MR) is 58.2 cm³/mol. The van der Waals surface area contributed by atoms with Crippen LogP contribution in [0.2, 0.25) is 0 Å². The molecule has 0 aliphatic carbocycles. The molecule has 0 rings (SSSR count). The smallest absolute Gasteiger partial charge is 0.306 e. The standard InChI is InChI=1S/C10H20O2S/c1-3-4-5-6-7-9(13)8-10(11)12-2/h9,13H,3-8H2,1-2H3. The lowest BCUT2D eigenvalue weighted by Gasteiger charge is -2.08. The fourth-order valence-electron chi connectivity index (χ4n) is 1.18. The van der Waals surface area contributed by atoms with E-state index in [9.17, 15) is 4.79 Å². The minimum absolute atomic E-state index is 0.157. The van der Waals surface area contributed by atoms with Gasteiger partial charge in [0.1, 0.15) is 0 Å². The summed E-state index contributed by atoms with van der Waals surface area (Å²) in [4.78, 5) is 10.8. The first-order valence-electron chi connectivity index (χ1n) is 4.95. The van der Waals surface area contributed by atoms with Gasteiger partial charge < -0.3 is 4.74 Å². The number of hydrogen-bond acceptors (Lipinski definition) is 3. The summed E-state index contributed by atoms with van der Waals surface area (Å²) < 4.78 is 4.56. The molecule has 0 fully saturated rings. The van der Waals surface area contributed by atoms with Crippen molar-refractivity contribution in [3.63, 3.8) is 0 Å². The number of methoxy groups -OCH3 is 1. The molecule has 0 saturated heterocycles. The highest BCUT2D eigenvalue weighted by molar-refractivity contribution is 7.81. The van der Waals surface area contributed by atoms with E-state index in [0.29, 0.717) is 6.42 Å². The number of hydrogen-bond donors (Lipinski definition) is 1. The van der Waals surface area contributed by atoms with Gasteiger partial charge in [-0.2, -0.15) is 12.6 Å². The maximum absolute atomic E-state index is 10.8. The molecule has 0 spiro atoms. The van der Waals surface area contributed by atoms with Crippen LogP contribution >= 0.6 is 12.6 Å². The van der Waals surface area contributed by atoms with E-state index < -0.39 is 0 Å². The summed E-state index contributed by atoms with van der Waals surface area (Å²) in [5.74, 6) is -0.157. The molecule has 0 N–H and O–H groups in total. The SMILES string of the molecule is CCCCCCC(S)CC(=O)OC. The third-order valence-electron chi connectivity index (χ3n) is 2.02. The van der Waals surface area contributed by atoms with Gasteiger partial charge in [0.25, 0.3) is 0 Å². The second-order valence-electron chi connectivity index (χ2n) is 3.28. The summed E-state index contributed by atoms with van der Waals surface area (Å²) in [7, 11) is 1.42. The van der Waals surface area contributed by atoms with E-state index >= 15 is 0 Å². The Balaban J connectivity index is 3.29. The van der Waals surface area contributed by atoms with Crippen molar-refractivity contribution >= 4 is 18.6 Å². The van der Waals surface area contributed by atoms with Crippen LogP contribution in [0.4, 0.5) is 0 Å². The average molecular weight is 204 g/mol. The molecule has 0 heterocycles. The molecule has 1 unspecified atom stereocenters. The highest BCUT2D eigenvalue weighted by atomic mass is 32.1. The van der Waals surface area contributed by atoms with E-state index in [4.69, 9.17) is 0 Å². The Morgan fingerprint density at radius 3 is 2.62 bits per heavy atom. The number of unbranched alkanes of at least 4 members (excludes halogenated alkanes) is 3. The molecule has 1 atom stereocenters. The first kappa shape index (κ1) is 12.8. The van der Waals surface area contributed by atoms with E-state index in [-0.39, 0.29) is 11.2 Å². The summed E-state index contributed by atoms with van der Waals surface area (Å²) in [6.45, 7) is 2.19. The van der Waals surface area contributed by atoms with Gasteiger partial charge in [0, 0.05) is 5.25 Å². The average Bonchev–Trinajstić information content (AvgIpc) is 2.12. The molecular formula is C10H20O2S. The summed E-state index contributed by atoms with van der Waals surface area (Å²) in [6.07, 6.45) is 6.38. The Bertz CT molecular complexity index is 137. The van der Waals surface area contributed by atoms with Gasteiger partial charge in [0.2, 0.25) is 0 Å². The van der Waals surface area contributed by atoms with Gasteiger partial charge in [-0.3, -0.25) is 4.79 Å². The van der Waals surface area contributed by atoms with Crippen LogP contribution in [0, 0.1) is 0 Å². The summed E-state index contributed by atoms with van der Waals surface area (Å²) in [5.41, 5.74) is 0. The van der Waals surface area contributed by atoms with E-state index in [1.165, 1.54) is 32.8 Å². The third kappa shape index (κ3) is 8.16. The zero-order chi connectivity index (χ0) is 10.1. The van der Waals surface area contributed by atoms with Gasteiger partial charge in [-0.15, -0.1) is 0 Å². The molecule has 2 nitrogen and oxygen atoms in total.